The van der Waals surface area contributed by atoms with Gasteiger partial charge in [-0.25, -0.2) is 21.6 Å². The predicted molar refractivity (Wildman–Crippen MR) is 107 cm³/mol. The largest absolute Gasteiger partial charge is 0.490 e. The van der Waals surface area contributed by atoms with Crippen molar-refractivity contribution in [3.8, 4) is 5.75 Å². The van der Waals surface area contributed by atoms with E-state index in [2.05, 4.69) is 5.32 Å². The number of alkyl halides is 1. The molecule has 3 atom stereocenters. The zero-order chi connectivity index (χ0) is 21.5. The van der Waals surface area contributed by atoms with Gasteiger partial charge in [-0.2, -0.15) is 0 Å². The van der Waals surface area contributed by atoms with E-state index in [0.717, 1.165) is 12.1 Å². The summed E-state index contributed by atoms with van der Waals surface area (Å²) < 4.78 is 73.9. The van der Waals surface area contributed by atoms with Gasteiger partial charge in [0, 0.05) is 23.5 Å². The van der Waals surface area contributed by atoms with Crippen LogP contribution in [-0.2, 0) is 14.6 Å². The minimum atomic E-state index is -4.14. The van der Waals surface area contributed by atoms with E-state index in [1.54, 1.807) is 0 Å². The second kappa shape index (κ2) is 8.05. The molecule has 1 saturated carbocycles. The number of halogens is 4. The lowest BCUT2D eigenvalue weighted by Gasteiger charge is -2.49. The highest BCUT2D eigenvalue weighted by atomic mass is 35.5. The van der Waals surface area contributed by atoms with Crippen molar-refractivity contribution >= 4 is 21.4 Å². The summed E-state index contributed by atoms with van der Waals surface area (Å²) in [5.74, 6) is -2.59. The van der Waals surface area contributed by atoms with E-state index in [1.165, 1.54) is 24.3 Å². The van der Waals surface area contributed by atoms with Crippen LogP contribution >= 0.6 is 11.6 Å². The van der Waals surface area contributed by atoms with Crippen LogP contribution in [0.3, 0.4) is 0 Å². The highest BCUT2D eigenvalue weighted by molar-refractivity contribution is 7.92. The van der Waals surface area contributed by atoms with Crippen molar-refractivity contribution in [2.24, 2.45) is 5.92 Å². The van der Waals surface area contributed by atoms with Gasteiger partial charge in [0.2, 0.25) is 0 Å². The fourth-order valence-corrected chi connectivity index (χ4v) is 7.27. The molecule has 2 aliphatic rings. The minimum absolute atomic E-state index is 0.0106. The first-order valence-corrected chi connectivity index (χ1v) is 11.6. The molecule has 0 amide bonds. The first kappa shape index (κ1) is 21.5. The van der Waals surface area contributed by atoms with E-state index in [-0.39, 0.29) is 41.8 Å². The van der Waals surface area contributed by atoms with E-state index in [4.69, 9.17) is 16.3 Å². The van der Waals surface area contributed by atoms with E-state index in [9.17, 15) is 17.2 Å². The lowest BCUT2D eigenvalue weighted by atomic mass is 9.71. The van der Waals surface area contributed by atoms with Gasteiger partial charge in [-0.05, 0) is 55.7 Å². The van der Waals surface area contributed by atoms with Gasteiger partial charge in [0.15, 0.2) is 21.4 Å². The number of fused-ring (bicyclic) bond motifs is 3. The summed E-state index contributed by atoms with van der Waals surface area (Å²) in [5.41, 5.74) is -0.252. The predicted octanol–water partition coefficient (Wildman–Crippen LogP) is 4.41. The second-order valence-corrected chi connectivity index (χ2v) is 10.3. The van der Waals surface area contributed by atoms with Crippen LogP contribution in [0.1, 0.15) is 24.8 Å². The maximum absolute atomic E-state index is 15.1. The average Bonchev–Trinajstić information content (AvgIpc) is 2.74. The zero-order valence-electron chi connectivity index (χ0n) is 16.0. The van der Waals surface area contributed by atoms with Crippen molar-refractivity contribution < 1.29 is 26.3 Å². The van der Waals surface area contributed by atoms with Gasteiger partial charge in [0.05, 0.1) is 17.1 Å². The van der Waals surface area contributed by atoms with Crippen molar-refractivity contribution in [1.29, 1.82) is 0 Å². The highest BCUT2D eigenvalue weighted by Crippen LogP contribution is 2.56. The van der Waals surface area contributed by atoms with Crippen LogP contribution in [0.5, 0.6) is 5.75 Å². The molecular weight excluding hydrogens is 439 g/mol. The number of benzene rings is 2. The van der Waals surface area contributed by atoms with E-state index in [0.29, 0.717) is 17.9 Å². The number of ether oxygens (including phenoxy) is 1. The summed E-state index contributed by atoms with van der Waals surface area (Å²) in [6, 6.07) is 7.40. The molecule has 1 aliphatic carbocycles. The van der Waals surface area contributed by atoms with Crippen LogP contribution in [-0.4, -0.2) is 34.3 Å². The van der Waals surface area contributed by atoms with Gasteiger partial charge in [0.1, 0.15) is 17.2 Å². The van der Waals surface area contributed by atoms with Crippen LogP contribution in [0.25, 0.3) is 0 Å². The Kier molecular flexibility index (Phi) is 5.76. The number of nitrogens with one attached hydrogen (secondary N) is 1. The third kappa shape index (κ3) is 3.29. The lowest BCUT2D eigenvalue weighted by Crippen LogP contribution is -2.55. The minimum Gasteiger partial charge on any atom is -0.490 e. The maximum Gasteiger partial charge on any atom is 0.188 e. The van der Waals surface area contributed by atoms with Crippen LogP contribution in [0, 0.1) is 17.6 Å². The summed E-state index contributed by atoms with van der Waals surface area (Å²) in [4.78, 5) is -0.0106. The summed E-state index contributed by atoms with van der Waals surface area (Å²) in [7, 11) is -4.14. The van der Waals surface area contributed by atoms with Crippen molar-refractivity contribution in [1.82, 2.24) is 5.32 Å². The smallest absolute Gasteiger partial charge is 0.188 e. The lowest BCUT2D eigenvalue weighted by molar-refractivity contribution is 0.108. The molecule has 162 valence electrons. The Morgan fingerprint density at radius 1 is 1.13 bits per heavy atom. The number of rotatable bonds is 5. The van der Waals surface area contributed by atoms with E-state index in [1.807, 2.05) is 0 Å². The molecule has 1 heterocycles. The third-order valence-electron chi connectivity index (χ3n) is 6.13. The molecule has 1 aliphatic heterocycles. The molecule has 9 heteroatoms. The monoisotopic (exact) mass is 459 g/mol. The Morgan fingerprint density at radius 2 is 1.83 bits per heavy atom. The molecule has 0 spiro atoms. The van der Waals surface area contributed by atoms with Crippen LogP contribution in [0.15, 0.2) is 41.3 Å². The quantitative estimate of drug-likeness (QED) is 0.719. The molecule has 4 nitrogen and oxygen atoms in total. The molecule has 0 aromatic heterocycles. The molecule has 1 fully saturated rings. The summed E-state index contributed by atoms with van der Waals surface area (Å²) in [6.07, 6.45) is 0.768. The van der Waals surface area contributed by atoms with Gasteiger partial charge < -0.3 is 10.1 Å². The third-order valence-corrected chi connectivity index (χ3v) is 8.98. The van der Waals surface area contributed by atoms with Crippen molar-refractivity contribution in [3.63, 3.8) is 0 Å². The fourth-order valence-electron chi connectivity index (χ4n) is 4.79. The normalized spacial score (nSPS) is 25.9. The summed E-state index contributed by atoms with van der Waals surface area (Å²) in [5, 5.41) is 3.43. The number of hydrogen-bond donors (Lipinski definition) is 1. The highest BCUT2D eigenvalue weighted by Gasteiger charge is 2.59. The van der Waals surface area contributed by atoms with Gasteiger partial charge in [-0.15, -0.1) is 0 Å². The molecule has 0 saturated heterocycles. The topological polar surface area (TPSA) is 55.4 Å². The Morgan fingerprint density at radius 3 is 2.53 bits per heavy atom. The molecule has 0 radical (unpaired) electrons. The molecule has 1 N–H and O–H groups in total. The van der Waals surface area contributed by atoms with Gasteiger partial charge >= 0.3 is 0 Å². The van der Waals surface area contributed by atoms with Crippen LogP contribution in [0.2, 0.25) is 5.02 Å². The zero-order valence-corrected chi connectivity index (χ0v) is 17.6. The average molecular weight is 460 g/mol. The molecule has 4 rings (SSSR count). The summed E-state index contributed by atoms with van der Waals surface area (Å²) in [6.45, 7) is -0.475. The maximum atomic E-state index is 15.1. The molecule has 0 bridgehead atoms. The Hall–Kier alpha value is -1.77. The second-order valence-electron chi connectivity index (χ2n) is 7.70. The number of hydrogen-bond acceptors (Lipinski definition) is 4. The van der Waals surface area contributed by atoms with Crippen molar-refractivity contribution in [2.45, 2.75) is 34.9 Å². The van der Waals surface area contributed by atoms with Crippen LogP contribution in [0.4, 0.5) is 13.2 Å². The molecular formula is C21H21ClF3NO3S. The molecule has 2 aromatic rings. The first-order chi connectivity index (χ1) is 14.3. The van der Waals surface area contributed by atoms with Gasteiger partial charge in [-0.1, -0.05) is 11.6 Å². The van der Waals surface area contributed by atoms with E-state index >= 15 is 4.39 Å². The van der Waals surface area contributed by atoms with Crippen molar-refractivity contribution in [2.75, 3.05) is 19.8 Å². The Labute approximate surface area is 178 Å². The Bertz CT molecular complexity index is 1050. The van der Waals surface area contributed by atoms with Crippen LogP contribution < -0.4 is 10.1 Å². The first-order valence-electron chi connectivity index (χ1n) is 9.72. The van der Waals surface area contributed by atoms with Crippen molar-refractivity contribution in [3.05, 3.63) is 58.6 Å². The van der Waals surface area contributed by atoms with Gasteiger partial charge in [0.25, 0.3) is 0 Å². The summed E-state index contributed by atoms with van der Waals surface area (Å²) >= 11 is 5.91. The fraction of sp³-hybridized carbons (Fsp3) is 0.429. The molecule has 30 heavy (non-hydrogen) atoms. The molecule has 2 aromatic carbocycles. The standard InChI is InChI=1S/C21H21ClF3NO3S/c22-14-1-3-16(4-2-14)30(27,28)21-8-7-15(26-10-9-23)11-13(21)12-29-20-18(25)6-5-17(24)19(20)21/h1-6,13,15,26H,7-12H2/t13-,15-,21+/m1/s1. The SMILES string of the molecule is O=S(=O)(c1ccc(Cl)cc1)[C@@]12CC[C@@H](NCCF)C[C@@H]1COc1c(F)ccc(F)c12. The Balaban J connectivity index is 1.90. The van der Waals surface area contributed by atoms with Gasteiger partial charge in [-0.3, -0.25) is 0 Å². The molecule has 0 unspecified atom stereocenters. The van der Waals surface area contributed by atoms with E-state index < -0.39 is 38.8 Å². The number of sulfone groups is 1.